The number of benzene rings is 2. The molecule has 2 rings (SSSR count). The summed E-state index contributed by atoms with van der Waals surface area (Å²) in [5.41, 5.74) is 4.88. The second kappa shape index (κ2) is 5.92. The van der Waals surface area contributed by atoms with Crippen LogP contribution in [0.5, 0.6) is 5.75 Å². The zero-order valence-corrected chi connectivity index (χ0v) is 11.5. The highest BCUT2D eigenvalue weighted by atomic mass is 35.5. The quantitative estimate of drug-likeness (QED) is 0.729. The second-order valence-corrected chi connectivity index (χ2v) is 4.76. The van der Waals surface area contributed by atoms with Crippen molar-refractivity contribution < 1.29 is 4.74 Å². The van der Waals surface area contributed by atoms with Gasteiger partial charge in [0.2, 0.25) is 0 Å². The molecular weight excluding hydrogens is 244 g/mol. The maximum atomic E-state index is 5.77. The molecule has 18 heavy (non-hydrogen) atoms. The molecule has 0 aliphatic rings. The summed E-state index contributed by atoms with van der Waals surface area (Å²) >= 11 is 5.75. The van der Waals surface area contributed by atoms with Gasteiger partial charge in [-0.3, -0.25) is 0 Å². The van der Waals surface area contributed by atoms with Crippen LogP contribution in [0.15, 0.2) is 42.5 Å². The third-order valence-corrected chi connectivity index (χ3v) is 3.28. The Morgan fingerprint density at radius 1 is 1.00 bits per heavy atom. The fraction of sp³-hybridized carbons (Fsp3) is 0.250. The van der Waals surface area contributed by atoms with E-state index < -0.39 is 0 Å². The van der Waals surface area contributed by atoms with Gasteiger partial charge in [-0.25, -0.2) is 0 Å². The molecule has 2 aromatic carbocycles. The molecule has 0 aliphatic heterocycles. The first-order valence-electron chi connectivity index (χ1n) is 6.03. The third-order valence-electron chi connectivity index (χ3n) is 2.97. The van der Waals surface area contributed by atoms with Gasteiger partial charge in [-0.15, -0.1) is 11.6 Å². The molecule has 2 heteroatoms. The molecule has 0 radical (unpaired) electrons. The Morgan fingerprint density at radius 3 is 2.33 bits per heavy atom. The summed E-state index contributed by atoms with van der Waals surface area (Å²) in [5.74, 6) is 1.42. The molecule has 94 valence electrons. The van der Waals surface area contributed by atoms with Crippen LogP contribution < -0.4 is 4.74 Å². The van der Waals surface area contributed by atoms with E-state index in [1.807, 2.05) is 24.3 Å². The van der Waals surface area contributed by atoms with Crippen LogP contribution in [0.2, 0.25) is 0 Å². The van der Waals surface area contributed by atoms with Crippen molar-refractivity contribution in [1.82, 2.24) is 0 Å². The molecule has 0 spiro atoms. The summed E-state index contributed by atoms with van der Waals surface area (Å²) in [4.78, 5) is 0. The number of rotatable bonds is 4. The summed E-state index contributed by atoms with van der Waals surface area (Å²) in [6.45, 7) is 4.82. The lowest BCUT2D eigenvalue weighted by Gasteiger charge is -2.09. The predicted octanol–water partition coefficient (Wildman–Crippen LogP) is 4.62. The van der Waals surface area contributed by atoms with E-state index >= 15 is 0 Å². The van der Waals surface area contributed by atoms with E-state index in [1.165, 1.54) is 16.7 Å². The van der Waals surface area contributed by atoms with Crippen molar-refractivity contribution in [3.05, 3.63) is 64.7 Å². The Balaban J connectivity index is 2.02. The molecule has 2 aromatic rings. The van der Waals surface area contributed by atoms with Crippen molar-refractivity contribution in [3.8, 4) is 5.75 Å². The van der Waals surface area contributed by atoms with Crippen LogP contribution in [0.1, 0.15) is 22.3 Å². The Morgan fingerprint density at radius 2 is 1.72 bits per heavy atom. The standard InChI is InChI=1S/C16H17ClO/c1-12-3-6-15(13(2)9-12)11-18-16-7-4-14(10-17)5-8-16/h3-9H,10-11H2,1-2H3. The van der Waals surface area contributed by atoms with E-state index in [2.05, 4.69) is 32.0 Å². The first kappa shape index (κ1) is 13.0. The molecule has 0 N–H and O–H groups in total. The van der Waals surface area contributed by atoms with Crippen molar-refractivity contribution >= 4 is 11.6 Å². The minimum atomic E-state index is 0.539. The van der Waals surface area contributed by atoms with Gasteiger partial charge in [0.25, 0.3) is 0 Å². The number of aryl methyl sites for hydroxylation is 2. The van der Waals surface area contributed by atoms with Crippen LogP contribution in [0.3, 0.4) is 0 Å². The van der Waals surface area contributed by atoms with E-state index in [4.69, 9.17) is 16.3 Å². The Labute approximate surface area is 113 Å². The normalized spacial score (nSPS) is 10.4. The zero-order valence-electron chi connectivity index (χ0n) is 10.7. The van der Waals surface area contributed by atoms with E-state index in [0.717, 1.165) is 11.3 Å². The average molecular weight is 261 g/mol. The molecule has 0 saturated carbocycles. The van der Waals surface area contributed by atoms with Gasteiger partial charge in [0, 0.05) is 5.88 Å². The summed E-state index contributed by atoms with van der Waals surface area (Å²) in [6.07, 6.45) is 0. The first-order chi connectivity index (χ1) is 8.69. The number of hydrogen-bond acceptors (Lipinski definition) is 1. The van der Waals surface area contributed by atoms with Gasteiger partial charge in [-0.2, -0.15) is 0 Å². The Hall–Kier alpha value is -1.47. The first-order valence-corrected chi connectivity index (χ1v) is 6.56. The van der Waals surface area contributed by atoms with E-state index in [9.17, 15) is 0 Å². The Kier molecular flexibility index (Phi) is 4.27. The highest BCUT2D eigenvalue weighted by molar-refractivity contribution is 6.17. The van der Waals surface area contributed by atoms with Crippen LogP contribution in [-0.4, -0.2) is 0 Å². The van der Waals surface area contributed by atoms with Gasteiger partial charge in [0.15, 0.2) is 0 Å². The number of halogens is 1. The van der Waals surface area contributed by atoms with Crippen LogP contribution in [0, 0.1) is 13.8 Å². The third kappa shape index (κ3) is 3.27. The summed E-state index contributed by atoms with van der Waals surface area (Å²) in [6, 6.07) is 14.3. The molecule has 0 heterocycles. The SMILES string of the molecule is Cc1ccc(COc2ccc(CCl)cc2)c(C)c1. The lowest BCUT2D eigenvalue weighted by molar-refractivity contribution is 0.305. The summed E-state index contributed by atoms with van der Waals surface area (Å²) in [5, 5.41) is 0. The molecule has 0 atom stereocenters. The topological polar surface area (TPSA) is 9.23 Å². The fourth-order valence-corrected chi connectivity index (χ4v) is 2.02. The van der Waals surface area contributed by atoms with Gasteiger partial charge < -0.3 is 4.74 Å². The molecule has 0 fully saturated rings. The van der Waals surface area contributed by atoms with Crippen LogP contribution in [-0.2, 0) is 12.5 Å². The van der Waals surface area contributed by atoms with Crippen LogP contribution in [0.25, 0.3) is 0 Å². The highest BCUT2D eigenvalue weighted by Gasteiger charge is 2.00. The highest BCUT2D eigenvalue weighted by Crippen LogP contribution is 2.17. The summed E-state index contributed by atoms with van der Waals surface area (Å²) < 4.78 is 5.77. The van der Waals surface area contributed by atoms with Crippen LogP contribution >= 0.6 is 11.6 Å². The minimum Gasteiger partial charge on any atom is -0.489 e. The maximum Gasteiger partial charge on any atom is 0.119 e. The van der Waals surface area contributed by atoms with Crippen LogP contribution in [0.4, 0.5) is 0 Å². The maximum absolute atomic E-state index is 5.77. The molecule has 0 amide bonds. The molecule has 0 saturated heterocycles. The fourth-order valence-electron chi connectivity index (χ4n) is 1.84. The Bertz CT molecular complexity index is 517. The van der Waals surface area contributed by atoms with Crippen molar-refractivity contribution in [1.29, 1.82) is 0 Å². The van der Waals surface area contributed by atoms with Gasteiger partial charge in [0.05, 0.1) is 0 Å². The van der Waals surface area contributed by atoms with Gasteiger partial charge in [0.1, 0.15) is 12.4 Å². The number of alkyl halides is 1. The monoisotopic (exact) mass is 260 g/mol. The summed E-state index contributed by atoms with van der Waals surface area (Å²) in [7, 11) is 0. The van der Waals surface area contributed by atoms with Crippen molar-refractivity contribution in [2.24, 2.45) is 0 Å². The molecule has 0 aromatic heterocycles. The lowest BCUT2D eigenvalue weighted by atomic mass is 10.1. The van der Waals surface area contributed by atoms with E-state index in [0.29, 0.717) is 12.5 Å². The molecular formula is C16H17ClO. The van der Waals surface area contributed by atoms with Gasteiger partial charge in [-0.1, -0.05) is 35.9 Å². The number of hydrogen-bond donors (Lipinski definition) is 0. The molecule has 0 unspecified atom stereocenters. The zero-order chi connectivity index (χ0) is 13.0. The molecule has 0 bridgehead atoms. The smallest absolute Gasteiger partial charge is 0.119 e. The van der Waals surface area contributed by atoms with Crippen molar-refractivity contribution in [2.75, 3.05) is 0 Å². The largest absolute Gasteiger partial charge is 0.489 e. The number of ether oxygens (including phenoxy) is 1. The van der Waals surface area contributed by atoms with E-state index in [-0.39, 0.29) is 0 Å². The van der Waals surface area contributed by atoms with Gasteiger partial charge in [-0.05, 0) is 42.7 Å². The molecule has 0 aliphatic carbocycles. The minimum absolute atomic E-state index is 0.539. The van der Waals surface area contributed by atoms with E-state index in [1.54, 1.807) is 0 Å². The van der Waals surface area contributed by atoms with Crippen molar-refractivity contribution in [3.63, 3.8) is 0 Å². The van der Waals surface area contributed by atoms with Crippen molar-refractivity contribution in [2.45, 2.75) is 26.3 Å². The predicted molar refractivity (Wildman–Crippen MR) is 76.2 cm³/mol. The second-order valence-electron chi connectivity index (χ2n) is 4.50. The lowest BCUT2D eigenvalue weighted by Crippen LogP contribution is -1.98. The van der Waals surface area contributed by atoms with Gasteiger partial charge >= 0.3 is 0 Å². The average Bonchev–Trinajstić information content (AvgIpc) is 2.38. The molecule has 1 nitrogen and oxygen atoms in total.